The molecule has 0 aromatic heterocycles. The van der Waals surface area contributed by atoms with Crippen LogP contribution in [0.5, 0.6) is 5.75 Å². The van der Waals surface area contributed by atoms with Crippen LogP contribution >= 0.6 is 0 Å². The van der Waals surface area contributed by atoms with Gasteiger partial charge in [0.25, 0.3) is 0 Å². The maximum absolute atomic E-state index is 11.1. The average molecular weight is 278 g/mol. The normalized spacial score (nSPS) is 25.9. The van der Waals surface area contributed by atoms with Crippen molar-refractivity contribution in [2.45, 2.75) is 32.9 Å². The lowest BCUT2D eigenvalue weighted by Gasteiger charge is -2.17. The van der Waals surface area contributed by atoms with Crippen LogP contribution in [0.2, 0.25) is 0 Å². The van der Waals surface area contributed by atoms with Gasteiger partial charge in [0.05, 0.1) is 12.6 Å². The Morgan fingerprint density at radius 2 is 1.95 bits per heavy atom. The summed E-state index contributed by atoms with van der Waals surface area (Å²) in [5.41, 5.74) is 6.94. The maximum atomic E-state index is 11.1. The molecule has 3 atom stereocenters. The summed E-state index contributed by atoms with van der Waals surface area (Å²) < 4.78 is 5.64. The van der Waals surface area contributed by atoms with Gasteiger partial charge in [0.1, 0.15) is 11.8 Å². The van der Waals surface area contributed by atoms with Gasteiger partial charge in [-0.2, -0.15) is 0 Å². The molecule has 2 rings (SSSR count). The Labute approximate surface area is 119 Å². The zero-order valence-corrected chi connectivity index (χ0v) is 12.1. The SMILES string of the molecule is CC(C)COc1ccc(C2NNC(C(=O)O)C2C)cc1. The van der Waals surface area contributed by atoms with Crippen LogP contribution in [0.15, 0.2) is 24.3 Å². The Bertz CT molecular complexity index is 459. The molecule has 1 aliphatic rings. The molecular weight excluding hydrogens is 256 g/mol. The quantitative estimate of drug-likeness (QED) is 0.768. The molecule has 3 unspecified atom stereocenters. The molecule has 1 aromatic carbocycles. The minimum Gasteiger partial charge on any atom is -0.493 e. The average Bonchev–Trinajstić information content (AvgIpc) is 2.79. The first-order valence-corrected chi connectivity index (χ1v) is 6.95. The Balaban J connectivity index is 2.02. The Morgan fingerprint density at radius 1 is 1.30 bits per heavy atom. The van der Waals surface area contributed by atoms with Gasteiger partial charge in [0.2, 0.25) is 0 Å². The summed E-state index contributed by atoms with van der Waals surface area (Å²) in [7, 11) is 0. The summed E-state index contributed by atoms with van der Waals surface area (Å²) in [6, 6.07) is 7.26. The summed E-state index contributed by atoms with van der Waals surface area (Å²) in [6.07, 6.45) is 0. The van der Waals surface area contributed by atoms with Crippen LogP contribution in [0.25, 0.3) is 0 Å². The second kappa shape index (κ2) is 6.24. The number of carboxylic acids is 1. The molecule has 0 spiro atoms. The highest BCUT2D eigenvalue weighted by Crippen LogP contribution is 2.29. The topological polar surface area (TPSA) is 70.6 Å². The van der Waals surface area contributed by atoms with E-state index < -0.39 is 12.0 Å². The van der Waals surface area contributed by atoms with Crippen LogP contribution in [-0.2, 0) is 4.79 Å². The molecule has 3 N–H and O–H groups in total. The van der Waals surface area contributed by atoms with Crippen molar-refractivity contribution < 1.29 is 14.6 Å². The van der Waals surface area contributed by atoms with Crippen molar-refractivity contribution in [3.63, 3.8) is 0 Å². The molecule has 0 amide bonds. The van der Waals surface area contributed by atoms with Crippen LogP contribution < -0.4 is 15.6 Å². The number of carbonyl (C=O) groups is 1. The Kier molecular flexibility index (Phi) is 4.62. The summed E-state index contributed by atoms with van der Waals surface area (Å²) in [4.78, 5) is 11.1. The van der Waals surface area contributed by atoms with Crippen LogP contribution in [0.1, 0.15) is 32.4 Å². The highest BCUT2D eigenvalue weighted by Gasteiger charge is 2.37. The highest BCUT2D eigenvalue weighted by atomic mass is 16.5. The molecule has 110 valence electrons. The van der Waals surface area contributed by atoms with Crippen molar-refractivity contribution in [2.24, 2.45) is 11.8 Å². The van der Waals surface area contributed by atoms with Crippen LogP contribution in [0.4, 0.5) is 0 Å². The molecule has 1 saturated heterocycles. The lowest BCUT2D eigenvalue weighted by Crippen LogP contribution is -2.37. The van der Waals surface area contributed by atoms with Gasteiger partial charge in [-0.3, -0.25) is 4.79 Å². The van der Waals surface area contributed by atoms with Gasteiger partial charge in [-0.15, -0.1) is 0 Å². The number of aliphatic carboxylic acids is 1. The molecule has 0 aliphatic carbocycles. The van der Waals surface area contributed by atoms with Gasteiger partial charge in [-0.25, -0.2) is 10.9 Å². The van der Waals surface area contributed by atoms with E-state index in [4.69, 9.17) is 9.84 Å². The van der Waals surface area contributed by atoms with Crippen molar-refractivity contribution in [3.05, 3.63) is 29.8 Å². The number of rotatable bonds is 5. The van der Waals surface area contributed by atoms with E-state index >= 15 is 0 Å². The first-order chi connectivity index (χ1) is 9.49. The van der Waals surface area contributed by atoms with E-state index in [0.717, 1.165) is 11.3 Å². The fraction of sp³-hybridized carbons (Fsp3) is 0.533. The summed E-state index contributed by atoms with van der Waals surface area (Å²) in [5.74, 6) is 0.488. The van der Waals surface area contributed by atoms with Crippen LogP contribution in [0, 0.1) is 11.8 Å². The van der Waals surface area contributed by atoms with E-state index in [1.54, 1.807) is 0 Å². The zero-order valence-electron chi connectivity index (χ0n) is 12.1. The molecule has 5 nitrogen and oxygen atoms in total. The molecule has 0 bridgehead atoms. The van der Waals surface area contributed by atoms with E-state index in [-0.39, 0.29) is 12.0 Å². The second-order valence-electron chi connectivity index (χ2n) is 5.72. The number of nitrogens with one attached hydrogen (secondary N) is 2. The molecule has 1 aliphatic heterocycles. The molecule has 1 heterocycles. The standard InChI is InChI=1S/C15H22N2O3/c1-9(2)8-20-12-6-4-11(5-7-12)13-10(3)14(15(18)19)17-16-13/h4-7,9-10,13-14,16-17H,8H2,1-3H3,(H,18,19). The van der Waals surface area contributed by atoms with Gasteiger partial charge < -0.3 is 9.84 Å². The monoisotopic (exact) mass is 278 g/mol. The van der Waals surface area contributed by atoms with Crippen molar-refractivity contribution >= 4 is 5.97 Å². The van der Waals surface area contributed by atoms with Crippen LogP contribution in [0.3, 0.4) is 0 Å². The number of hydrogen-bond acceptors (Lipinski definition) is 4. The molecule has 0 saturated carbocycles. The van der Waals surface area contributed by atoms with Crippen molar-refractivity contribution in [1.82, 2.24) is 10.9 Å². The third-order valence-corrected chi connectivity index (χ3v) is 3.53. The van der Waals surface area contributed by atoms with Crippen molar-refractivity contribution in [2.75, 3.05) is 6.61 Å². The first-order valence-electron chi connectivity index (χ1n) is 6.95. The van der Waals surface area contributed by atoms with Gasteiger partial charge in [-0.1, -0.05) is 32.9 Å². The molecule has 1 fully saturated rings. The number of benzene rings is 1. The first kappa shape index (κ1) is 14.8. The third-order valence-electron chi connectivity index (χ3n) is 3.53. The number of hydrazine groups is 1. The minimum atomic E-state index is -0.829. The number of hydrogen-bond donors (Lipinski definition) is 3. The van der Waals surface area contributed by atoms with Gasteiger partial charge >= 0.3 is 5.97 Å². The lowest BCUT2D eigenvalue weighted by molar-refractivity contribution is -0.140. The van der Waals surface area contributed by atoms with Crippen molar-refractivity contribution in [1.29, 1.82) is 0 Å². The smallest absolute Gasteiger partial charge is 0.322 e. The molecule has 0 radical (unpaired) electrons. The predicted molar refractivity (Wildman–Crippen MR) is 76.4 cm³/mol. The summed E-state index contributed by atoms with van der Waals surface area (Å²) in [6.45, 7) is 6.84. The van der Waals surface area contributed by atoms with Gasteiger partial charge in [0.15, 0.2) is 0 Å². The van der Waals surface area contributed by atoms with E-state index in [2.05, 4.69) is 24.7 Å². The van der Waals surface area contributed by atoms with Crippen molar-refractivity contribution in [3.8, 4) is 5.75 Å². The lowest BCUT2D eigenvalue weighted by atomic mass is 9.91. The summed E-state index contributed by atoms with van der Waals surface area (Å²) >= 11 is 0. The second-order valence-corrected chi connectivity index (χ2v) is 5.72. The fourth-order valence-corrected chi connectivity index (χ4v) is 2.34. The molecule has 20 heavy (non-hydrogen) atoms. The Hall–Kier alpha value is -1.59. The van der Waals surface area contributed by atoms with Gasteiger partial charge in [0, 0.05) is 5.92 Å². The largest absolute Gasteiger partial charge is 0.493 e. The van der Waals surface area contributed by atoms with E-state index in [1.165, 1.54) is 0 Å². The van der Waals surface area contributed by atoms with E-state index in [0.29, 0.717) is 12.5 Å². The maximum Gasteiger partial charge on any atom is 0.322 e. The number of ether oxygens (including phenoxy) is 1. The summed E-state index contributed by atoms with van der Waals surface area (Å²) in [5, 5.41) is 9.09. The Morgan fingerprint density at radius 3 is 2.45 bits per heavy atom. The third kappa shape index (κ3) is 3.29. The number of carboxylic acid groups (broad SMARTS) is 1. The fourth-order valence-electron chi connectivity index (χ4n) is 2.34. The molecule has 1 aromatic rings. The van der Waals surface area contributed by atoms with Crippen LogP contribution in [-0.4, -0.2) is 23.7 Å². The van der Waals surface area contributed by atoms with E-state index in [1.807, 2.05) is 31.2 Å². The minimum absolute atomic E-state index is 0.00440. The van der Waals surface area contributed by atoms with Gasteiger partial charge in [-0.05, 0) is 23.6 Å². The molecule has 5 heteroatoms. The predicted octanol–water partition coefficient (Wildman–Crippen LogP) is 1.96. The molecular formula is C15H22N2O3. The zero-order chi connectivity index (χ0) is 14.7. The highest BCUT2D eigenvalue weighted by molar-refractivity contribution is 5.74. The van der Waals surface area contributed by atoms with E-state index in [9.17, 15) is 4.79 Å².